The second kappa shape index (κ2) is 7.04. The topological polar surface area (TPSA) is 29.5 Å². The van der Waals surface area contributed by atoms with Crippen LogP contribution in [0.2, 0.25) is 0 Å². The van der Waals surface area contributed by atoms with Gasteiger partial charge in [-0.3, -0.25) is 0 Å². The van der Waals surface area contributed by atoms with Gasteiger partial charge in [-0.25, -0.2) is 0 Å². The van der Waals surface area contributed by atoms with Crippen molar-refractivity contribution in [3.63, 3.8) is 0 Å². The van der Waals surface area contributed by atoms with E-state index in [1.807, 2.05) is 0 Å². The fourth-order valence-corrected chi connectivity index (χ4v) is 3.39. The Balaban J connectivity index is 2.07. The summed E-state index contributed by atoms with van der Waals surface area (Å²) < 4.78 is 6.99. The third-order valence-electron chi connectivity index (χ3n) is 4.31. The lowest BCUT2D eigenvalue weighted by atomic mass is 9.85. The van der Waals surface area contributed by atoms with E-state index in [0.717, 1.165) is 25.7 Å². The first kappa shape index (κ1) is 15.3. The summed E-state index contributed by atoms with van der Waals surface area (Å²) in [6.45, 7) is 0. The summed E-state index contributed by atoms with van der Waals surface area (Å²) >= 11 is 2.30. The zero-order chi connectivity index (χ0) is 13.7. The van der Waals surface area contributed by atoms with E-state index in [-0.39, 0.29) is 5.60 Å². The van der Waals surface area contributed by atoms with Crippen molar-refractivity contribution in [2.24, 2.45) is 0 Å². The summed E-state index contributed by atoms with van der Waals surface area (Å²) in [6, 6.07) is 8.39. The molecular formula is C16H23IO2. The number of aliphatic hydroxyl groups excluding tert-OH is 1. The molecule has 0 aromatic heterocycles. The molecule has 1 atom stereocenters. The van der Waals surface area contributed by atoms with E-state index in [2.05, 4.69) is 46.9 Å². The van der Waals surface area contributed by atoms with E-state index in [4.69, 9.17) is 4.74 Å². The van der Waals surface area contributed by atoms with Crippen molar-refractivity contribution in [3.05, 3.63) is 33.4 Å². The number of ether oxygens (including phenoxy) is 1. The molecule has 1 saturated carbocycles. The number of methoxy groups -OCH3 is 1. The van der Waals surface area contributed by atoms with Gasteiger partial charge in [-0.1, -0.05) is 37.8 Å². The highest BCUT2D eigenvalue weighted by Crippen LogP contribution is 2.34. The highest BCUT2D eigenvalue weighted by Gasteiger charge is 2.38. The monoisotopic (exact) mass is 374 g/mol. The second-order valence-corrected chi connectivity index (χ2v) is 6.78. The highest BCUT2D eigenvalue weighted by molar-refractivity contribution is 14.1. The van der Waals surface area contributed by atoms with E-state index >= 15 is 0 Å². The number of rotatable bonds is 4. The van der Waals surface area contributed by atoms with Crippen LogP contribution in [-0.2, 0) is 11.2 Å². The number of aliphatic hydroxyl groups is 1. The van der Waals surface area contributed by atoms with Crippen LogP contribution in [0.3, 0.4) is 0 Å². The largest absolute Gasteiger partial charge is 0.390 e. The van der Waals surface area contributed by atoms with Gasteiger partial charge in [0.2, 0.25) is 0 Å². The van der Waals surface area contributed by atoms with Gasteiger partial charge in [0.05, 0.1) is 11.7 Å². The molecule has 1 aliphatic rings. The van der Waals surface area contributed by atoms with Crippen LogP contribution in [-0.4, -0.2) is 23.9 Å². The summed E-state index contributed by atoms with van der Waals surface area (Å²) in [4.78, 5) is 0. The first-order valence-electron chi connectivity index (χ1n) is 7.14. The quantitative estimate of drug-likeness (QED) is 0.639. The molecule has 0 bridgehead atoms. The van der Waals surface area contributed by atoms with Gasteiger partial charge in [-0.2, -0.15) is 0 Å². The Bertz CT molecular complexity index is 380. The molecule has 1 N–H and O–H groups in total. The van der Waals surface area contributed by atoms with Gasteiger partial charge < -0.3 is 9.84 Å². The molecule has 0 saturated heterocycles. The van der Waals surface area contributed by atoms with Crippen molar-refractivity contribution >= 4 is 22.6 Å². The number of halogens is 1. The minimum Gasteiger partial charge on any atom is -0.390 e. The van der Waals surface area contributed by atoms with Crippen molar-refractivity contribution in [2.75, 3.05) is 7.11 Å². The van der Waals surface area contributed by atoms with Crippen LogP contribution in [0, 0.1) is 3.57 Å². The number of hydrogen-bond acceptors (Lipinski definition) is 2. The summed E-state index contributed by atoms with van der Waals surface area (Å²) in [6.07, 6.45) is 7.10. The molecule has 0 radical (unpaired) electrons. The first-order valence-corrected chi connectivity index (χ1v) is 8.22. The maximum Gasteiger partial charge on any atom is 0.0939 e. The van der Waals surface area contributed by atoms with Gasteiger partial charge in [-0.15, -0.1) is 0 Å². The van der Waals surface area contributed by atoms with Crippen LogP contribution in [0.25, 0.3) is 0 Å². The normalized spacial score (nSPS) is 20.8. The van der Waals surface area contributed by atoms with E-state index in [1.165, 1.54) is 22.0 Å². The molecule has 19 heavy (non-hydrogen) atoms. The van der Waals surface area contributed by atoms with Crippen LogP contribution < -0.4 is 0 Å². The molecule has 106 valence electrons. The molecule has 0 spiro atoms. The maximum atomic E-state index is 10.6. The Morgan fingerprint density at radius 1 is 1.16 bits per heavy atom. The molecule has 1 fully saturated rings. The molecule has 1 aliphatic carbocycles. The molecule has 0 aliphatic heterocycles. The smallest absolute Gasteiger partial charge is 0.0939 e. The van der Waals surface area contributed by atoms with Crippen LogP contribution in [0.15, 0.2) is 24.3 Å². The zero-order valence-electron chi connectivity index (χ0n) is 11.6. The Kier molecular flexibility index (Phi) is 5.66. The Hall–Kier alpha value is -0.130. The molecule has 1 aromatic carbocycles. The third-order valence-corrected chi connectivity index (χ3v) is 5.03. The van der Waals surface area contributed by atoms with Gasteiger partial charge in [0, 0.05) is 17.1 Å². The van der Waals surface area contributed by atoms with Crippen molar-refractivity contribution in [3.8, 4) is 0 Å². The average Bonchev–Trinajstić information content (AvgIpc) is 2.67. The third kappa shape index (κ3) is 3.92. The highest BCUT2D eigenvalue weighted by atomic mass is 127. The van der Waals surface area contributed by atoms with E-state index in [0.29, 0.717) is 6.42 Å². The van der Waals surface area contributed by atoms with Crippen LogP contribution in [0.4, 0.5) is 0 Å². The molecule has 0 heterocycles. The van der Waals surface area contributed by atoms with E-state index in [1.54, 1.807) is 7.11 Å². The average molecular weight is 374 g/mol. The predicted molar refractivity (Wildman–Crippen MR) is 86.3 cm³/mol. The van der Waals surface area contributed by atoms with Crippen molar-refractivity contribution < 1.29 is 9.84 Å². The lowest BCUT2D eigenvalue weighted by Crippen LogP contribution is -2.45. The lowest BCUT2D eigenvalue weighted by Gasteiger charge is -2.36. The van der Waals surface area contributed by atoms with Crippen molar-refractivity contribution in [1.29, 1.82) is 0 Å². The van der Waals surface area contributed by atoms with E-state index in [9.17, 15) is 5.11 Å². The molecule has 2 nitrogen and oxygen atoms in total. The number of benzene rings is 1. The molecule has 2 rings (SSSR count). The number of hydrogen-bond donors (Lipinski definition) is 1. The van der Waals surface area contributed by atoms with Crippen molar-refractivity contribution in [1.82, 2.24) is 0 Å². The SMILES string of the molecule is COC1(C(O)Cc2ccc(I)cc2)CCCCCC1. The summed E-state index contributed by atoms with van der Waals surface area (Å²) in [5.74, 6) is 0. The maximum absolute atomic E-state index is 10.6. The van der Waals surface area contributed by atoms with Crippen LogP contribution in [0.5, 0.6) is 0 Å². The van der Waals surface area contributed by atoms with E-state index < -0.39 is 6.10 Å². The Morgan fingerprint density at radius 3 is 2.26 bits per heavy atom. The second-order valence-electron chi connectivity index (χ2n) is 5.53. The first-order chi connectivity index (χ1) is 9.16. The molecule has 0 amide bonds. The van der Waals surface area contributed by atoms with Crippen LogP contribution >= 0.6 is 22.6 Å². The van der Waals surface area contributed by atoms with Gasteiger partial charge in [0.15, 0.2) is 0 Å². The Labute approximate surface area is 129 Å². The van der Waals surface area contributed by atoms with Gasteiger partial charge in [0.25, 0.3) is 0 Å². The lowest BCUT2D eigenvalue weighted by molar-refractivity contribution is -0.111. The molecule has 1 unspecified atom stereocenters. The predicted octanol–water partition coefficient (Wildman–Crippen LogP) is 3.93. The molecular weight excluding hydrogens is 351 g/mol. The summed E-state index contributed by atoms with van der Waals surface area (Å²) in [7, 11) is 1.75. The van der Waals surface area contributed by atoms with Crippen LogP contribution in [0.1, 0.15) is 44.1 Å². The fraction of sp³-hybridized carbons (Fsp3) is 0.625. The van der Waals surface area contributed by atoms with Crippen molar-refractivity contribution in [2.45, 2.75) is 56.7 Å². The molecule has 3 heteroatoms. The zero-order valence-corrected chi connectivity index (χ0v) is 13.7. The minimum atomic E-state index is -0.407. The standard InChI is InChI=1S/C16H23IO2/c1-19-16(10-4-2-3-5-11-16)15(18)12-13-6-8-14(17)9-7-13/h6-9,15,18H,2-5,10-12H2,1H3. The van der Waals surface area contributed by atoms with Gasteiger partial charge in [0.1, 0.15) is 0 Å². The van der Waals surface area contributed by atoms with Gasteiger partial charge >= 0.3 is 0 Å². The van der Waals surface area contributed by atoms with Gasteiger partial charge in [-0.05, 0) is 53.1 Å². The summed E-state index contributed by atoms with van der Waals surface area (Å²) in [5, 5.41) is 10.6. The fourth-order valence-electron chi connectivity index (χ4n) is 3.03. The molecule has 1 aromatic rings. The summed E-state index contributed by atoms with van der Waals surface area (Å²) in [5.41, 5.74) is 0.855. The Morgan fingerprint density at radius 2 is 1.74 bits per heavy atom. The minimum absolute atomic E-state index is 0.334.